The van der Waals surface area contributed by atoms with Crippen LogP contribution in [0, 0.1) is 5.95 Å². The van der Waals surface area contributed by atoms with Crippen molar-refractivity contribution in [2.24, 2.45) is 5.73 Å². The van der Waals surface area contributed by atoms with Gasteiger partial charge in [0.2, 0.25) is 5.95 Å². The van der Waals surface area contributed by atoms with Crippen molar-refractivity contribution >= 4 is 27.2 Å². The van der Waals surface area contributed by atoms with Gasteiger partial charge in [0.25, 0.3) is 0 Å². The average molecular weight is 492 g/mol. The smallest absolute Gasteiger partial charge is 0.390 e. The number of aliphatic hydroxyl groups is 1. The number of fused-ring (bicyclic) bond motifs is 1. The number of alkyl halides is 3. The molecule has 0 bridgehead atoms. The summed E-state index contributed by atoms with van der Waals surface area (Å²) < 4.78 is 51.7. The van der Waals surface area contributed by atoms with Gasteiger partial charge in [-0.25, -0.2) is 9.97 Å². The summed E-state index contributed by atoms with van der Waals surface area (Å²) in [5.74, 6) is -0.840. The third kappa shape index (κ3) is 5.16. The fraction of sp³-hybridized carbons (Fsp3) is 0.261. The molecule has 34 heavy (non-hydrogen) atoms. The first-order valence-corrected chi connectivity index (χ1v) is 11.2. The molecule has 0 amide bonds. The number of benzene rings is 1. The van der Waals surface area contributed by atoms with E-state index in [4.69, 9.17) is 5.73 Å². The number of nitrogens with two attached hydrogens (primary N) is 1. The lowest BCUT2D eigenvalue weighted by Crippen LogP contribution is -2.34. The Hall–Kier alpha value is -3.15. The summed E-state index contributed by atoms with van der Waals surface area (Å²) in [6.07, 6.45) is -1.85. The lowest BCUT2D eigenvalue weighted by atomic mass is 9.95. The average Bonchev–Trinajstić information content (AvgIpc) is 3.24. The molecule has 178 valence electrons. The number of halogens is 4. The van der Waals surface area contributed by atoms with E-state index in [1.54, 1.807) is 0 Å². The maximum Gasteiger partial charge on any atom is 0.433 e. The summed E-state index contributed by atoms with van der Waals surface area (Å²) in [4.78, 5) is 12.3. The molecule has 0 aliphatic rings. The molecule has 6 nitrogen and oxygen atoms in total. The van der Waals surface area contributed by atoms with Crippen molar-refractivity contribution in [3.8, 4) is 10.4 Å². The minimum absolute atomic E-state index is 0.261. The molecule has 11 heteroatoms. The topological polar surface area (TPSA) is 97.0 Å². The lowest BCUT2D eigenvalue weighted by Gasteiger charge is -2.20. The van der Waals surface area contributed by atoms with Crippen molar-refractivity contribution in [2.75, 3.05) is 11.9 Å². The number of aromatic nitrogens is 3. The summed E-state index contributed by atoms with van der Waals surface area (Å²) >= 11 is 1.32. The Labute approximate surface area is 196 Å². The molecule has 3 heterocycles. The van der Waals surface area contributed by atoms with Gasteiger partial charge in [0, 0.05) is 36.4 Å². The van der Waals surface area contributed by atoms with Gasteiger partial charge in [0.1, 0.15) is 5.69 Å². The maximum absolute atomic E-state index is 13.5. The van der Waals surface area contributed by atoms with E-state index in [0.717, 1.165) is 21.9 Å². The minimum Gasteiger partial charge on any atom is -0.390 e. The highest BCUT2D eigenvalue weighted by Crippen LogP contribution is 2.35. The summed E-state index contributed by atoms with van der Waals surface area (Å²) in [7, 11) is 0. The van der Waals surface area contributed by atoms with E-state index in [1.165, 1.54) is 35.9 Å². The molecule has 0 spiro atoms. The van der Waals surface area contributed by atoms with E-state index >= 15 is 0 Å². The second kappa shape index (κ2) is 9.61. The van der Waals surface area contributed by atoms with Crippen molar-refractivity contribution in [3.63, 3.8) is 0 Å². The van der Waals surface area contributed by atoms with Gasteiger partial charge >= 0.3 is 6.18 Å². The van der Waals surface area contributed by atoms with E-state index in [-0.39, 0.29) is 12.5 Å². The Morgan fingerprint density at radius 2 is 1.88 bits per heavy atom. The van der Waals surface area contributed by atoms with E-state index in [0.29, 0.717) is 28.3 Å². The number of anilines is 1. The molecule has 4 aromatic rings. The number of nitrogens with one attached hydrogen (secondary N) is 1. The summed E-state index contributed by atoms with van der Waals surface area (Å²) in [5, 5.41) is 14.9. The predicted molar refractivity (Wildman–Crippen MR) is 123 cm³/mol. The molecule has 0 fully saturated rings. The zero-order valence-corrected chi connectivity index (χ0v) is 18.8. The molecule has 0 aliphatic heterocycles. The van der Waals surface area contributed by atoms with Crippen LogP contribution in [0.4, 0.5) is 22.7 Å². The van der Waals surface area contributed by atoms with Crippen molar-refractivity contribution in [3.05, 3.63) is 71.7 Å². The van der Waals surface area contributed by atoms with Gasteiger partial charge in [0.15, 0.2) is 5.13 Å². The Bertz CT molecular complexity index is 1290. The molecule has 0 saturated carbocycles. The first-order valence-electron chi connectivity index (χ1n) is 10.3. The summed E-state index contributed by atoms with van der Waals surface area (Å²) in [5.41, 5.74) is 7.15. The van der Waals surface area contributed by atoms with Gasteiger partial charge in [-0.1, -0.05) is 36.5 Å². The second-order valence-corrected chi connectivity index (χ2v) is 8.83. The zero-order valence-electron chi connectivity index (χ0n) is 18.0. The molecule has 0 radical (unpaired) electrons. The summed E-state index contributed by atoms with van der Waals surface area (Å²) in [6.45, 7) is 1.83. The van der Waals surface area contributed by atoms with Gasteiger partial charge in [-0.05, 0) is 34.6 Å². The highest BCUT2D eigenvalue weighted by molar-refractivity contribution is 7.19. The zero-order chi connectivity index (χ0) is 24.5. The van der Waals surface area contributed by atoms with Crippen LogP contribution >= 0.6 is 11.3 Å². The minimum atomic E-state index is -4.49. The van der Waals surface area contributed by atoms with Crippen LogP contribution in [0.5, 0.6) is 0 Å². The van der Waals surface area contributed by atoms with Crippen LogP contribution in [0.2, 0.25) is 0 Å². The van der Waals surface area contributed by atoms with Crippen LogP contribution in [-0.4, -0.2) is 32.6 Å². The Kier molecular flexibility index (Phi) is 6.78. The fourth-order valence-electron chi connectivity index (χ4n) is 3.49. The second-order valence-electron chi connectivity index (χ2n) is 7.83. The monoisotopic (exact) mass is 491 g/mol. The normalized spacial score (nSPS) is 13.7. The molecular formula is C23H21F4N5OS. The number of rotatable bonds is 7. The Balaban J connectivity index is 1.47. The van der Waals surface area contributed by atoms with Crippen LogP contribution in [0.25, 0.3) is 21.2 Å². The first-order chi connectivity index (χ1) is 16.2. The van der Waals surface area contributed by atoms with Gasteiger partial charge in [-0.3, -0.25) is 4.98 Å². The van der Waals surface area contributed by atoms with Gasteiger partial charge in [0.05, 0.1) is 17.2 Å². The molecule has 0 aliphatic carbocycles. The molecule has 2 atom stereocenters. The highest BCUT2D eigenvalue weighted by atomic mass is 32.1. The van der Waals surface area contributed by atoms with Crippen molar-refractivity contribution in [1.82, 2.24) is 15.0 Å². The third-order valence-corrected chi connectivity index (χ3v) is 6.64. The number of thiazole rings is 1. The molecule has 3 aromatic heterocycles. The number of hydrogen-bond acceptors (Lipinski definition) is 7. The van der Waals surface area contributed by atoms with Crippen LogP contribution in [-0.2, 0) is 12.8 Å². The Morgan fingerprint density at radius 1 is 1.09 bits per heavy atom. The highest BCUT2D eigenvalue weighted by Gasteiger charge is 2.32. The first kappa shape index (κ1) is 24.0. The third-order valence-electron chi connectivity index (χ3n) is 5.53. The number of aliphatic hydroxyl groups excluding tert-OH is 1. The molecular weight excluding hydrogens is 470 g/mol. The van der Waals surface area contributed by atoms with Crippen molar-refractivity contribution in [1.29, 1.82) is 0 Å². The number of hydrogen-bond donors (Lipinski definition) is 3. The number of nitrogens with zero attached hydrogens (tertiary/aromatic N) is 3. The quantitative estimate of drug-likeness (QED) is 0.250. The van der Waals surface area contributed by atoms with Crippen LogP contribution < -0.4 is 11.1 Å². The van der Waals surface area contributed by atoms with Crippen LogP contribution in [0.1, 0.15) is 29.8 Å². The SMILES string of the molecule is C[C@@H](c1ccc(C(F)(F)F)nc1)[C@@H](N)CNc1nc(CO)c(-c2ccc3cnc(F)cc3c2)s1. The Morgan fingerprint density at radius 3 is 2.56 bits per heavy atom. The largest absolute Gasteiger partial charge is 0.433 e. The fourth-order valence-corrected chi connectivity index (χ4v) is 4.46. The van der Waals surface area contributed by atoms with E-state index in [9.17, 15) is 22.7 Å². The molecule has 0 saturated heterocycles. The van der Waals surface area contributed by atoms with E-state index in [1.807, 2.05) is 25.1 Å². The van der Waals surface area contributed by atoms with Gasteiger partial charge < -0.3 is 16.2 Å². The molecule has 4 rings (SSSR count). The lowest BCUT2D eigenvalue weighted by molar-refractivity contribution is -0.141. The number of pyridine rings is 2. The van der Waals surface area contributed by atoms with Gasteiger partial charge in [-0.2, -0.15) is 17.6 Å². The molecule has 4 N–H and O–H groups in total. The van der Waals surface area contributed by atoms with Crippen LogP contribution in [0.15, 0.2) is 48.8 Å². The molecule has 1 aromatic carbocycles. The van der Waals surface area contributed by atoms with Crippen molar-refractivity contribution in [2.45, 2.75) is 31.7 Å². The maximum atomic E-state index is 13.5. The predicted octanol–water partition coefficient (Wildman–Crippen LogP) is 4.95. The van der Waals surface area contributed by atoms with Crippen LogP contribution in [0.3, 0.4) is 0 Å². The van der Waals surface area contributed by atoms with Crippen molar-refractivity contribution < 1.29 is 22.7 Å². The van der Waals surface area contributed by atoms with Gasteiger partial charge in [-0.15, -0.1) is 0 Å². The van der Waals surface area contributed by atoms with E-state index < -0.39 is 23.9 Å². The van der Waals surface area contributed by atoms with E-state index in [2.05, 4.69) is 20.3 Å². The standard InChI is InChI=1S/C23H21F4N5OS/c1-12(14-4-5-19(29-8-14)23(25,26)27)17(28)10-31-22-32-18(11-33)21(34-22)13-2-3-15-9-30-20(24)7-16(15)6-13/h2-9,12,17,33H,10-11,28H2,1H3,(H,31,32)/t12-,17-/m0/s1. The molecule has 0 unspecified atom stereocenters. The summed E-state index contributed by atoms with van der Waals surface area (Å²) in [6, 6.07) is 8.71.